The lowest BCUT2D eigenvalue weighted by Gasteiger charge is -2.35. The number of carbonyl (C=O) groups excluding carboxylic acids is 1. The van der Waals surface area contributed by atoms with Crippen LogP contribution in [0, 0.1) is 6.92 Å². The average Bonchev–Trinajstić information content (AvgIpc) is 2.61. The number of nitrogens with one attached hydrogen (secondary N) is 2. The molecule has 1 aromatic carbocycles. The minimum Gasteiger partial charge on any atom is -0.370 e. The lowest BCUT2D eigenvalue weighted by molar-refractivity contribution is -0.120. The number of nitrogens with zero attached hydrogens (tertiary/aromatic N) is 2. The van der Waals surface area contributed by atoms with Crippen molar-refractivity contribution < 1.29 is 9.53 Å². The predicted molar refractivity (Wildman–Crippen MR) is 96.1 cm³/mol. The monoisotopic (exact) mass is 332 g/mol. The minimum absolute atomic E-state index is 0.0123. The molecule has 1 aliphatic rings. The van der Waals surface area contributed by atoms with Crippen LogP contribution in [0.25, 0.3) is 0 Å². The smallest absolute Gasteiger partial charge is 0.239 e. The molecule has 1 heterocycles. The maximum absolute atomic E-state index is 11.8. The van der Waals surface area contributed by atoms with E-state index in [1.165, 1.54) is 11.1 Å². The molecule has 0 bridgehead atoms. The van der Waals surface area contributed by atoms with E-state index in [2.05, 4.69) is 39.6 Å². The molecule has 1 amide bonds. The van der Waals surface area contributed by atoms with E-state index in [4.69, 9.17) is 4.74 Å². The van der Waals surface area contributed by atoms with E-state index in [0.29, 0.717) is 13.2 Å². The highest BCUT2D eigenvalue weighted by atomic mass is 16.5. The fourth-order valence-electron chi connectivity index (χ4n) is 2.80. The Hall–Kier alpha value is -2.08. The highest BCUT2D eigenvalue weighted by Gasteiger charge is 2.25. The number of aryl methyl sites for hydroxylation is 1. The fourth-order valence-corrected chi connectivity index (χ4v) is 2.80. The standard InChI is InChI=1S/C18H28N4O2/c1-4-9-20-17(23)12-21-18(19-3)22-10-11-24-16(13-22)15-8-6-5-7-14(15)2/h5-8,16H,4,9-13H2,1-3H3,(H,19,21)(H,20,23). The van der Waals surface area contributed by atoms with Crippen molar-refractivity contribution >= 4 is 11.9 Å². The van der Waals surface area contributed by atoms with Crippen LogP contribution in [0.3, 0.4) is 0 Å². The summed E-state index contributed by atoms with van der Waals surface area (Å²) in [6.45, 7) is 7.20. The summed E-state index contributed by atoms with van der Waals surface area (Å²) in [4.78, 5) is 18.2. The molecule has 2 rings (SSSR count). The van der Waals surface area contributed by atoms with Crippen LogP contribution in [-0.2, 0) is 9.53 Å². The Morgan fingerprint density at radius 3 is 2.88 bits per heavy atom. The van der Waals surface area contributed by atoms with Gasteiger partial charge in [-0.15, -0.1) is 0 Å². The van der Waals surface area contributed by atoms with Gasteiger partial charge in [-0.1, -0.05) is 31.2 Å². The molecule has 6 nitrogen and oxygen atoms in total. The molecule has 1 atom stereocenters. The van der Waals surface area contributed by atoms with Crippen LogP contribution in [-0.4, -0.2) is 56.6 Å². The maximum Gasteiger partial charge on any atom is 0.239 e. The van der Waals surface area contributed by atoms with Gasteiger partial charge in [-0.05, 0) is 24.5 Å². The number of amides is 1. The van der Waals surface area contributed by atoms with Crippen molar-refractivity contribution in [1.29, 1.82) is 0 Å². The molecule has 1 fully saturated rings. The second-order valence-electron chi connectivity index (χ2n) is 5.91. The Kier molecular flexibility index (Phi) is 7.06. The van der Waals surface area contributed by atoms with Crippen LogP contribution in [0.5, 0.6) is 0 Å². The zero-order chi connectivity index (χ0) is 17.4. The first-order valence-electron chi connectivity index (χ1n) is 8.55. The van der Waals surface area contributed by atoms with E-state index in [1.54, 1.807) is 7.05 Å². The summed E-state index contributed by atoms with van der Waals surface area (Å²) in [6.07, 6.45) is 0.953. The van der Waals surface area contributed by atoms with Crippen LogP contribution in [0.4, 0.5) is 0 Å². The summed E-state index contributed by atoms with van der Waals surface area (Å²) in [7, 11) is 1.74. The average molecular weight is 332 g/mol. The highest BCUT2D eigenvalue weighted by molar-refractivity contribution is 5.86. The summed E-state index contributed by atoms with van der Waals surface area (Å²) in [5.41, 5.74) is 2.43. The van der Waals surface area contributed by atoms with Gasteiger partial charge in [-0.3, -0.25) is 9.79 Å². The highest BCUT2D eigenvalue weighted by Crippen LogP contribution is 2.24. The van der Waals surface area contributed by atoms with Gasteiger partial charge in [0.15, 0.2) is 5.96 Å². The van der Waals surface area contributed by atoms with Gasteiger partial charge >= 0.3 is 0 Å². The van der Waals surface area contributed by atoms with Gasteiger partial charge in [-0.2, -0.15) is 0 Å². The summed E-state index contributed by atoms with van der Waals surface area (Å²) in [5, 5.41) is 6.00. The van der Waals surface area contributed by atoms with Crippen LogP contribution in [0.2, 0.25) is 0 Å². The van der Waals surface area contributed by atoms with Crippen molar-refractivity contribution in [1.82, 2.24) is 15.5 Å². The molecule has 1 aromatic rings. The van der Waals surface area contributed by atoms with Gasteiger partial charge < -0.3 is 20.3 Å². The maximum atomic E-state index is 11.8. The molecule has 1 saturated heterocycles. The Bertz CT molecular complexity index is 574. The van der Waals surface area contributed by atoms with Crippen molar-refractivity contribution in [3.63, 3.8) is 0 Å². The normalized spacial score (nSPS) is 18.4. The number of aliphatic imine (C=N–C) groups is 1. The van der Waals surface area contributed by atoms with Crippen molar-refractivity contribution in [3.05, 3.63) is 35.4 Å². The first-order valence-corrected chi connectivity index (χ1v) is 8.55. The second kappa shape index (κ2) is 9.27. The molecule has 24 heavy (non-hydrogen) atoms. The van der Waals surface area contributed by atoms with Gasteiger partial charge in [-0.25, -0.2) is 0 Å². The number of benzene rings is 1. The summed E-state index contributed by atoms with van der Waals surface area (Å²) in [5.74, 6) is 0.727. The zero-order valence-corrected chi connectivity index (χ0v) is 14.8. The Morgan fingerprint density at radius 2 is 2.17 bits per heavy atom. The first kappa shape index (κ1) is 18.3. The van der Waals surface area contributed by atoms with Gasteiger partial charge in [0.05, 0.1) is 19.7 Å². The first-order chi connectivity index (χ1) is 11.7. The molecule has 1 aliphatic heterocycles. The van der Waals surface area contributed by atoms with Crippen molar-refractivity contribution in [2.75, 3.05) is 39.8 Å². The number of ether oxygens (including phenoxy) is 1. The summed E-state index contributed by atoms with van der Waals surface area (Å²) in [6, 6.07) is 8.28. The van der Waals surface area contributed by atoms with Gasteiger partial charge in [0, 0.05) is 20.1 Å². The third kappa shape index (κ3) is 4.96. The molecule has 6 heteroatoms. The van der Waals surface area contributed by atoms with E-state index in [9.17, 15) is 4.79 Å². The number of hydrogen-bond donors (Lipinski definition) is 2. The number of guanidine groups is 1. The zero-order valence-electron chi connectivity index (χ0n) is 14.8. The van der Waals surface area contributed by atoms with E-state index in [1.807, 2.05) is 19.1 Å². The lowest BCUT2D eigenvalue weighted by Crippen LogP contribution is -2.50. The molecule has 1 unspecified atom stereocenters. The SMILES string of the molecule is CCCNC(=O)CNC(=NC)N1CCOC(c2ccccc2C)C1. The van der Waals surface area contributed by atoms with E-state index < -0.39 is 0 Å². The Balaban J connectivity index is 1.94. The largest absolute Gasteiger partial charge is 0.370 e. The van der Waals surface area contributed by atoms with Gasteiger partial charge in [0.25, 0.3) is 0 Å². The van der Waals surface area contributed by atoms with Crippen LogP contribution < -0.4 is 10.6 Å². The third-order valence-electron chi connectivity index (χ3n) is 4.09. The van der Waals surface area contributed by atoms with Crippen molar-refractivity contribution in [3.8, 4) is 0 Å². The predicted octanol–water partition coefficient (Wildman–Crippen LogP) is 1.47. The topological polar surface area (TPSA) is 66.0 Å². The quantitative estimate of drug-likeness (QED) is 0.633. The lowest BCUT2D eigenvalue weighted by atomic mass is 10.0. The Labute approximate surface area is 144 Å². The second-order valence-corrected chi connectivity index (χ2v) is 5.91. The van der Waals surface area contributed by atoms with Crippen LogP contribution >= 0.6 is 0 Å². The van der Waals surface area contributed by atoms with Gasteiger partial charge in [0.1, 0.15) is 6.10 Å². The molecule has 132 valence electrons. The fraction of sp³-hybridized carbons (Fsp3) is 0.556. The van der Waals surface area contributed by atoms with E-state index >= 15 is 0 Å². The number of carbonyl (C=O) groups is 1. The molecule has 0 radical (unpaired) electrons. The molecule has 0 aromatic heterocycles. The molecule has 0 saturated carbocycles. The van der Waals surface area contributed by atoms with E-state index in [-0.39, 0.29) is 18.6 Å². The minimum atomic E-state index is -0.0123. The molecular weight excluding hydrogens is 304 g/mol. The Morgan fingerprint density at radius 1 is 1.38 bits per heavy atom. The van der Waals surface area contributed by atoms with Crippen LogP contribution in [0.15, 0.2) is 29.3 Å². The molecule has 0 aliphatic carbocycles. The number of morpholine rings is 1. The van der Waals surface area contributed by atoms with Crippen LogP contribution in [0.1, 0.15) is 30.6 Å². The number of rotatable bonds is 5. The summed E-state index contributed by atoms with van der Waals surface area (Å²) >= 11 is 0. The van der Waals surface area contributed by atoms with Crippen molar-refractivity contribution in [2.45, 2.75) is 26.4 Å². The molecule has 0 spiro atoms. The third-order valence-corrected chi connectivity index (χ3v) is 4.09. The molecular formula is C18H28N4O2. The molecule has 2 N–H and O–H groups in total. The van der Waals surface area contributed by atoms with E-state index in [0.717, 1.165) is 25.5 Å². The van der Waals surface area contributed by atoms with Crippen molar-refractivity contribution in [2.24, 2.45) is 4.99 Å². The summed E-state index contributed by atoms with van der Waals surface area (Å²) < 4.78 is 5.94. The van der Waals surface area contributed by atoms with Gasteiger partial charge in [0.2, 0.25) is 5.91 Å². The number of hydrogen-bond acceptors (Lipinski definition) is 3.